The predicted molar refractivity (Wildman–Crippen MR) is 182 cm³/mol. The zero-order chi connectivity index (χ0) is 28.9. The van der Waals surface area contributed by atoms with Gasteiger partial charge in [-0.05, 0) is 27.6 Å². The molecular formula is C36H60O2SSi. The summed E-state index contributed by atoms with van der Waals surface area (Å²) >= 11 is 2.03. The largest absolute Gasteiger partial charge is 0.405 e. The summed E-state index contributed by atoms with van der Waals surface area (Å²) in [4.78, 5) is 0. The summed E-state index contributed by atoms with van der Waals surface area (Å²) in [5.74, 6) is 2.21. The number of hydrogen-bond donors (Lipinski definition) is 0. The van der Waals surface area contributed by atoms with Gasteiger partial charge in [0.15, 0.2) is 0 Å². The van der Waals surface area contributed by atoms with E-state index >= 15 is 0 Å². The Labute approximate surface area is 253 Å². The molecule has 2 aromatic rings. The van der Waals surface area contributed by atoms with E-state index < -0.39 is 8.32 Å². The molecule has 40 heavy (non-hydrogen) atoms. The van der Waals surface area contributed by atoms with Crippen LogP contribution in [0.3, 0.4) is 0 Å². The predicted octanol–water partition coefficient (Wildman–Crippen LogP) is 9.79. The lowest BCUT2D eigenvalue weighted by Gasteiger charge is -2.43. The molecule has 1 atom stereocenters. The highest BCUT2D eigenvalue weighted by molar-refractivity contribution is 7.99. The zero-order valence-corrected chi connectivity index (χ0v) is 28.4. The van der Waals surface area contributed by atoms with Crippen LogP contribution < -0.4 is 10.4 Å². The van der Waals surface area contributed by atoms with Gasteiger partial charge in [-0.15, -0.1) is 0 Å². The van der Waals surface area contributed by atoms with E-state index in [2.05, 4.69) is 88.4 Å². The van der Waals surface area contributed by atoms with E-state index in [0.29, 0.717) is 6.61 Å². The van der Waals surface area contributed by atoms with E-state index in [1.54, 1.807) is 0 Å². The minimum Gasteiger partial charge on any atom is -0.405 e. The molecule has 0 aromatic heterocycles. The Morgan fingerprint density at radius 3 is 1.48 bits per heavy atom. The maximum atomic E-state index is 7.10. The van der Waals surface area contributed by atoms with Crippen molar-refractivity contribution in [2.24, 2.45) is 0 Å². The van der Waals surface area contributed by atoms with Crippen molar-refractivity contribution in [1.82, 2.24) is 0 Å². The third-order valence-electron chi connectivity index (χ3n) is 8.18. The van der Waals surface area contributed by atoms with Crippen LogP contribution in [0.2, 0.25) is 5.04 Å². The SMILES string of the molecule is CCCCCCCCCCCCCCCCSC[C@H](CO[Si](c1ccccc1)(c1ccccc1)C(C)(C)C)OC. The first-order valence-corrected chi connectivity index (χ1v) is 19.4. The van der Waals surface area contributed by atoms with Crippen molar-refractivity contribution in [2.75, 3.05) is 25.2 Å². The second kappa shape index (κ2) is 20.7. The molecule has 0 bridgehead atoms. The molecule has 0 radical (unpaired) electrons. The van der Waals surface area contributed by atoms with Gasteiger partial charge >= 0.3 is 0 Å². The standard InChI is InChI=1S/C36H60O2SSi/c1-6-7-8-9-10-11-12-13-14-15-16-17-18-25-30-39-32-33(37-5)31-38-40(36(2,3)4,34-26-21-19-22-27-34)35-28-23-20-24-29-35/h19-24,26-29,33H,6-18,25,30-32H2,1-5H3/t33-/m0/s1. The maximum Gasteiger partial charge on any atom is 0.261 e. The highest BCUT2D eigenvalue weighted by Crippen LogP contribution is 2.37. The third-order valence-corrected chi connectivity index (χ3v) is 14.4. The number of benzene rings is 2. The van der Waals surface area contributed by atoms with Gasteiger partial charge in [0.25, 0.3) is 8.32 Å². The summed E-state index contributed by atoms with van der Waals surface area (Å²) in [6.45, 7) is 9.95. The fourth-order valence-corrected chi connectivity index (χ4v) is 11.4. The molecule has 0 aliphatic heterocycles. The fraction of sp³-hybridized carbons (Fsp3) is 0.667. The first-order valence-electron chi connectivity index (χ1n) is 16.3. The van der Waals surface area contributed by atoms with Crippen molar-refractivity contribution in [3.05, 3.63) is 60.7 Å². The first kappa shape index (κ1) is 35.1. The lowest BCUT2D eigenvalue weighted by atomic mass is 10.0. The van der Waals surface area contributed by atoms with Crippen molar-refractivity contribution in [3.63, 3.8) is 0 Å². The average Bonchev–Trinajstić information content (AvgIpc) is 2.96. The fourth-order valence-electron chi connectivity index (χ4n) is 5.78. The van der Waals surface area contributed by atoms with Gasteiger partial charge in [0, 0.05) is 12.9 Å². The molecule has 226 valence electrons. The summed E-state index contributed by atoms with van der Waals surface area (Å²) < 4.78 is 13.0. The lowest BCUT2D eigenvalue weighted by molar-refractivity contribution is 0.0713. The number of hydrogen-bond acceptors (Lipinski definition) is 3. The number of methoxy groups -OCH3 is 1. The van der Waals surface area contributed by atoms with Gasteiger partial charge in [-0.25, -0.2) is 0 Å². The van der Waals surface area contributed by atoms with Crippen LogP contribution in [-0.2, 0) is 9.16 Å². The van der Waals surface area contributed by atoms with Crippen LogP contribution in [0.1, 0.15) is 118 Å². The third kappa shape index (κ3) is 12.4. The number of unbranched alkanes of at least 4 members (excludes halogenated alkanes) is 13. The van der Waals surface area contributed by atoms with Crippen molar-refractivity contribution in [2.45, 2.75) is 129 Å². The highest BCUT2D eigenvalue weighted by atomic mass is 32.2. The highest BCUT2D eigenvalue weighted by Gasteiger charge is 2.50. The summed E-state index contributed by atoms with van der Waals surface area (Å²) in [7, 11) is -0.669. The Kier molecular flexibility index (Phi) is 18.2. The molecule has 0 heterocycles. The van der Waals surface area contributed by atoms with Gasteiger partial charge < -0.3 is 9.16 Å². The number of thioether (sulfide) groups is 1. The van der Waals surface area contributed by atoms with Crippen molar-refractivity contribution in [3.8, 4) is 0 Å². The lowest BCUT2D eigenvalue weighted by Crippen LogP contribution is -2.67. The molecule has 0 fully saturated rings. The Morgan fingerprint density at radius 2 is 1.07 bits per heavy atom. The molecule has 0 N–H and O–H groups in total. The van der Waals surface area contributed by atoms with Crippen molar-refractivity contribution < 1.29 is 9.16 Å². The van der Waals surface area contributed by atoms with Gasteiger partial charge in [-0.3, -0.25) is 0 Å². The quantitative estimate of drug-likeness (QED) is 0.0956. The molecule has 2 nitrogen and oxygen atoms in total. The van der Waals surface area contributed by atoms with Gasteiger partial charge in [-0.2, -0.15) is 11.8 Å². The molecule has 0 spiro atoms. The second-order valence-corrected chi connectivity index (χ2v) is 18.0. The van der Waals surface area contributed by atoms with Crippen molar-refractivity contribution in [1.29, 1.82) is 0 Å². The molecular weight excluding hydrogens is 525 g/mol. The molecule has 4 heteroatoms. The Balaban J connectivity index is 1.69. The Morgan fingerprint density at radius 1 is 0.650 bits per heavy atom. The first-order chi connectivity index (χ1) is 19.5. The Bertz CT molecular complexity index is 813. The molecule has 0 aliphatic rings. The topological polar surface area (TPSA) is 18.5 Å². The number of rotatable bonds is 23. The molecule has 0 saturated carbocycles. The molecule has 0 aliphatic carbocycles. The van der Waals surface area contributed by atoms with Crippen LogP contribution >= 0.6 is 11.8 Å². The zero-order valence-electron chi connectivity index (χ0n) is 26.6. The molecule has 2 rings (SSSR count). The summed E-state index contributed by atoms with van der Waals surface area (Å²) in [5.41, 5.74) is 0. The summed E-state index contributed by atoms with van der Waals surface area (Å²) in [5, 5.41) is 2.66. The molecule has 0 unspecified atom stereocenters. The smallest absolute Gasteiger partial charge is 0.261 e. The van der Waals surface area contributed by atoms with Crippen molar-refractivity contribution >= 4 is 30.5 Å². The van der Waals surface area contributed by atoms with E-state index in [9.17, 15) is 0 Å². The minimum absolute atomic E-state index is 0.00458. The summed E-state index contributed by atoms with van der Waals surface area (Å²) in [6.07, 6.45) is 19.9. The van der Waals surface area contributed by atoms with Crippen LogP contribution in [0.25, 0.3) is 0 Å². The monoisotopic (exact) mass is 584 g/mol. The Hall–Kier alpha value is -1.07. The van der Waals surface area contributed by atoms with Gasteiger partial charge in [0.1, 0.15) is 0 Å². The minimum atomic E-state index is -2.51. The van der Waals surface area contributed by atoms with E-state index in [-0.39, 0.29) is 11.1 Å². The van der Waals surface area contributed by atoms with Crippen LogP contribution in [0.5, 0.6) is 0 Å². The van der Waals surface area contributed by atoms with Gasteiger partial charge in [0.2, 0.25) is 0 Å². The number of ether oxygens (including phenoxy) is 1. The van der Waals surface area contributed by atoms with Gasteiger partial charge in [-0.1, -0.05) is 172 Å². The maximum absolute atomic E-state index is 7.10. The van der Waals surface area contributed by atoms with E-state index in [1.807, 2.05) is 18.9 Å². The molecule has 2 aromatic carbocycles. The van der Waals surface area contributed by atoms with Crippen LogP contribution in [-0.4, -0.2) is 39.6 Å². The van der Waals surface area contributed by atoms with E-state index in [4.69, 9.17) is 9.16 Å². The second-order valence-electron chi connectivity index (χ2n) is 12.5. The normalized spacial score (nSPS) is 13.0. The van der Waals surface area contributed by atoms with Crippen LogP contribution in [0.15, 0.2) is 60.7 Å². The van der Waals surface area contributed by atoms with Gasteiger partial charge in [0.05, 0.1) is 12.7 Å². The van der Waals surface area contributed by atoms with Crippen LogP contribution in [0.4, 0.5) is 0 Å². The van der Waals surface area contributed by atoms with E-state index in [0.717, 1.165) is 5.75 Å². The summed E-state index contributed by atoms with van der Waals surface area (Å²) in [6, 6.07) is 21.8. The molecule has 0 saturated heterocycles. The average molecular weight is 585 g/mol. The van der Waals surface area contributed by atoms with Crippen LogP contribution in [0, 0.1) is 0 Å². The van der Waals surface area contributed by atoms with E-state index in [1.165, 1.54) is 106 Å². The molecule has 0 amide bonds.